The SMILES string of the molecule is C=C(F)Cl.F.FC=C(F)F. The molecule has 0 aliphatic carbocycles. The van der Waals surface area contributed by atoms with E-state index in [1.54, 1.807) is 0 Å². The lowest BCUT2D eigenvalue weighted by atomic mass is 11.1. The van der Waals surface area contributed by atoms with E-state index < -0.39 is 17.7 Å². The maximum atomic E-state index is 10.6. The second-order valence-corrected chi connectivity index (χ2v) is 1.15. The fourth-order valence-electron chi connectivity index (χ4n) is 0. The highest BCUT2D eigenvalue weighted by molar-refractivity contribution is 6.27. The molecule has 0 N–H and O–H groups in total. The van der Waals surface area contributed by atoms with E-state index in [-0.39, 0.29) is 4.70 Å². The Morgan fingerprint density at radius 1 is 1.30 bits per heavy atom. The zero-order chi connectivity index (χ0) is 7.86. The van der Waals surface area contributed by atoms with Crippen LogP contribution >= 0.6 is 11.6 Å². The predicted molar refractivity (Wildman–Crippen MR) is 30.0 cm³/mol. The summed E-state index contributed by atoms with van der Waals surface area (Å²) < 4.78 is 41.3. The van der Waals surface area contributed by atoms with Gasteiger partial charge < -0.3 is 0 Å². The Balaban J connectivity index is -0.0000000910. The van der Waals surface area contributed by atoms with Gasteiger partial charge >= 0.3 is 0 Å². The van der Waals surface area contributed by atoms with E-state index in [2.05, 4.69) is 18.2 Å². The molecule has 6 heteroatoms. The van der Waals surface area contributed by atoms with E-state index in [0.717, 1.165) is 0 Å². The third-order valence-electron chi connectivity index (χ3n) is 0.0825. The van der Waals surface area contributed by atoms with Crippen LogP contribution in [0.2, 0.25) is 0 Å². The Kier molecular flexibility index (Phi) is 18.2. The van der Waals surface area contributed by atoms with Crippen LogP contribution in [0.3, 0.4) is 0 Å². The molecule has 0 heterocycles. The molecule has 0 saturated heterocycles. The van der Waals surface area contributed by atoms with Crippen LogP contribution in [0.15, 0.2) is 24.3 Å². The average molecular weight is 183 g/mol. The van der Waals surface area contributed by atoms with Crippen LogP contribution in [-0.4, -0.2) is 0 Å². The molecular weight excluding hydrogens is 178 g/mol. The Labute approximate surface area is 59.2 Å². The Hall–Kier alpha value is -0.580. The van der Waals surface area contributed by atoms with Gasteiger partial charge in [-0.1, -0.05) is 18.2 Å². The van der Waals surface area contributed by atoms with Crippen LogP contribution in [0.1, 0.15) is 0 Å². The number of rotatable bonds is 0. The van der Waals surface area contributed by atoms with Crippen LogP contribution in [-0.2, 0) is 0 Å². The summed E-state index contributed by atoms with van der Waals surface area (Å²) >= 11 is 4.41. The van der Waals surface area contributed by atoms with Gasteiger partial charge in [-0.2, -0.15) is 13.2 Å². The van der Waals surface area contributed by atoms with Gasteiger partial charge in [0.05, 0.1) is 0 Å². The van der Waals surface area contributed by atoms with Gasteiger partial charge in [0.25, 0.3) is 6.08 Å². The highest BCUT2D eigenvalue weighted by Crippen LogP contribution is 1.93. The molecule has 0 fully saturated rings. The van der Waals surface area contributed by atoms with Crippen LogP contribution in [0.4, 0.5) is 22.3 Å². The molecule has 10 heavy (non-hydrogen) atoms. The number of halogens is 6. The van der Waals surface area contributed by atoms with Gasteiger partial charge in [0.15, 0.2) is 11.6 Å². The van der Waals surface area contributed by atoms with Crippen LogP contribution in [0, 0.1) is 0 Å². The fourth-order valence-corrected chi connectivity index (χ4v) is 0. The van der Waals surface area contributed by atoms with Crippen LogP contribution in [0.5, 0.6) is 0 Å². The largest absolute Gasteiger partial charge is 0.298 e. The van der Waals surface area contributed by atoms with E-state index >= 15 is 0 Å². The van der Waals surface area contributed by atoms with Crippen molar-refractivity contribution in [2.75, 3.05) is 0 Å². The second kappa shape index (κ2) is 11.2. The molecule has 0 aliphatic heterocycles. The Bertz CT molecular complexity index is 102. The molecule has 0 saturated carbocycles. The van der Waals surface area contributed by atoms with Crippen molar-refractivity contribution in [2.24, 2.45) is 0 Å². The molecule has 0 atom stereocenters. The summed E-state index contributed by atoms with van der Waals surface area (Å²) in [5.74, 6) is 0. The van der Waals surface area contributed by atoms with E-state index in [9.17, 15) is 17.6 Å². The molecule has 0 aliphatic rings. The van der Waals surface area contributed by atoms with Crippen molar-refractivity contribution in [1.82, 2.24) is 0 Å². The predicted octanol–water partition coefficient (Wildman–Crippen LogP) is 3.51. The molecule has 0 bridgehead atoms. The average Bonchev–Trinajstić information content (AvgIpc) is 1.65. The second-order valence-electron chi connectivity index (χ2n) is 0.737. The molecule has 0 radical (unpaired) electrons. The van der Waals surface area contributed by atoms with E-state index in [0.29, 0.717) is 0 Å². The highest BCUT2D eigenvalue weighted by atomic mass is 35.5. The van der Waals surface area contributed by atoms with Crippen molar-refractivity contribution >= 4 is 11.6 Å². The van der Waals surface area contributed by atoms with Crippen LogP contribution < -0.4 is 0 Å². The maximum Gasteiger partial charge on any atom is 0.298 e. The monoisotopic (exact) mass is 182 g/mol. The lowest BCUT2D eigenvalue weighted by Crippen LogP contribution is -1.42. The summed E-state index contributed by atoms with van der Waals surface area (Å²) in [6, 6.07) is 0. The van der Waals surface area contributed by atoms with Crippen molar-refractivity contribution in [3.63, 3.8) is 0 Å². The molecule has 0 aromatic rings. The first kappa shape index (κ1) is 16.2. The molecule has 0 unspecified atom stereocenters. The van der Waals surface area contributed by atoms with Gasteiger partial charge in [0.2, 0.25) is 0 Å². The maximum absolute atomic E-state index is 10.6. The van der Waals surface area contributed by atoms with Crippen molar-refractivity contribution in [2.45, 2.75) is 0 Å². The molecule has 0 aromatic heterocycles. The number of hydrogen-bond acceptors (Lipinski definition) is 0. The van der Waals surface area contributed by atoms with E-state index in [1.165, 1.54) is 0 Å². The quantitative estimate of drug-likeness (QED) is 0.503. The van der Waals surface area contributed by atoms with Gasteiger partial charge in [-0.3, -0.25) is 4.70 Å². The topological polar surface area (TPSA) is 0 Å². The van der Waals surface area contributed by atoms with Crippen molar-refractivity contribution in [1.29, 1.82) is 0 Å². The normalized spacial score (nSPS) is 6.10. The Morgan fingerprint density at radius 2 is 1.40 bits per heavy atom. The summed E-state index contributed by atoms with van der Waals surface area (Å²) in [5.41, 5.74) is 0. The minimum absolute atomic E-state index is 0. The smallest absolute Gasteiger partial charge is 0.269 e. The molecular formula is C4H4ClF5. The highest BCUT2D eigenvalue weighted by Gasteiger charge is 1.78. The molecule has 0 nitrogen and oxygen atoms in total. The van der Waals surface area contributed by atoms with Gasteiger partial charge in [-0.05, 0) is 0 Å². The van der Waals surface area contributed by atoms with Gasteiger partial charge in [0.1, 0.15) is 0 Å². The van der Waals surface area contributed by atoms with E-state index in [1.807, 2.05) is 0 Å². The zero-order valence-corrected chi connectivity index (χ0v) is 5.34. The molecule has 0 rings (SSSR count). The van der Waals surface area contributed by atoms with Gasteiger partial charge in [-0.15, -0.1) is 0 Å². The minimum Gasteiger partial charge on any atom is -0.269 e. The van der Waals surface area contributed by atoms with Crippen molar-refractivity contribution in [3.05, 3.63) is 24.3 Å². The van der Waals surface area contributed by atoms with E-state index in [4.69, 9.17) is 0 Å². The zero-order valence-electron chi connectivity index (χ0n) is 4.58. The molecule has 0 amide bonds. The van der Waals surface area contributed by atoms with Gasteiger partial charge in [-0.25, -0.2) is 4.39 Å². The third kappa shape index (κ3) is 152. The first-order valence-corrected chi connectivity index (χ1v) is 1.99. The van der Waals surface area contributed by atoms with Crippen LogP contribution in [0.25, 0.3) is 0 Å². The van der Waals surface area contributed by atoms with Crippen molar-refractivity contribution < 1.29 is 22.3 Å². The lowest BCUT2D eigenvalue weighted by molar-refractivity contribution is 0.400. The first-order valence-electron chi connectivity index (χ1n) is 1.62. The molecule has 0 spiro atoms. The summed E-state index contributed by atoms with van der Waals surface area (Å²) in [7, 11) is 0. The standard InChI is InChI=1S/C2H2ClF.C2HF3.FH/c1-2(3)4;3-1-2(4)5;/h1H2;1H;1H. The first-order chi connectivity index (χ1) is 4.00. The lowest BCUT2D eigenvalue weighted by Gasteiger charge is -1.59. The third-order valence-corrected chi connectivity index (χ3v) is 0.0825. The number of hydrogen-bond donors (Lipinski definition) is 0. The molecule has 62 valence electrons. The fraction of sp³-hybridized carbons (Fsp3) is 0. The summed E-state index contributed by atoms with van der Waals surface area (Å²) in [6.45, 7) is 2.65. The summed E-state index contributed by atoms with van der Waals surface area (Å²) in [5, 5.41) is -0.861. The molecule has 0 aromatic carbocycles. The Morgan fingerprint density at radius 3 is 1.40 bits per heavy atom. The summed E-state index contributed by atoms with van der Waals surface area (Å²) in [6.07, 6.45) is -3.04. The summed E-state index contributed by atoms with van der Waals surface area (Å²) in [4.78, 5) is 0. The van der Waals surface area contributed by atoms with Gasteiger partial charge in [0, 0.05) is 0 Å². The van der Waals surface area contributed by atoms with Crippen molar-refractivity contribution in [3.8, 4) is 0 Å². The minimum atomic E-state index is -2.29.